The van der Waals surface area contributed by atoms with Gasteiger partial charge in [0.1, 0.15) is 0 Å². The summed E-state index contributed by atoms with van der Waals surface area (Å²) in [6, 6.07) is 0. The van der Waals surface area contributed by atoms with Crippen LogP contribution in [0.1, 0.15) is 25.7 Å². The van der Waals surface area contributed by atoms with Gasteiger partial charge in [-0.1, -0.05) is 6.42 Å². The van der Waals surface area contributed by atoms with Gasteiger partial charge in [-0.2, -0.15) is 0 Å². The van der Waals surface area contributed by atoms with Gasteiger partial charge < -0.3 is 14.7 Å². The molecule has 1 aliphatic heterocycles. The zero-order chi connectivity index (χ0) is 10.8. The van der Waals surface area contributed by atoms with Gasteiger partial charge in [0.15, 0.2) is 0 Å². The van der Waals surface area contributed by atoms with Gasteiger partial charge in [0.2, 0.25) is 0 Å². The van der Waals surface area contributed by atoms with Gasteiger partial charge >= 0.3 is 6.09 Å². The zero-order valence-corrected chi connectivity index (χ0v) is 9.19. The van der Waals surface area contributed by atoms with E-state index >= 15 is 0 Å². The minimum absolute atomic E-state index is 0.214. The second-order valence-corrected chi connectivity index (χ2v) is 4.65. The number of amides is 1. The van der Waals surface area contributed by atoms with Crippen molar-refractivity contribution >= 4 is 6.09 Å². The molecule has 0 aromatic carbocycles. The van der Waals surface area contributed by atoms with Crippen molar-refractivity contribution in [2.45, 2.75) is 31.8 Å². The first kappa shape index (κ1) is 10.7. The minimum atomic E-state index is -0.265. The molecular formula is C11H19NO3. The molecule has 1 heterocycles. The van der Waals surface area contributed by atoms with Gasteiger partial charge in [0.25, 0.3) is 0 Å². The number of nitrogens with zero attached hydrogens (tertiary/aromatic N) is 1. The monoisotopic (exact) mass is 213 g/mol. The molecule has 1 N–H and O–H groups in total. The van der Waals surface area contributed by atoms with Crippen molar-refractivity contribution in [3.63, 3.8) is 0 Å². The molecule has 4 heteroatoms. The highest BCUT2D eigenvalue weighted by molar-refractivity contribution is 5.67. The van der Waals surface area contributed by atoms with Crippen molar-refractivity contribution < 1.29 is 14.6 Å². The Morgan fingerprint density at radius 2 is 2.13 bits per heavy atom. The van der Waals surface area contributed by atoms with Crippen molar-refractivity contribution in [3.05, 3.63) is 0 Å². The molecule has 15 heavy (non-hydrogen) atoms. The molecule has 86 valence electrons. The van der Waals surface area contributed by atoms with Crippen LogP contribution in [-0.4, -0.2) is 42.4 Å². The van der Waals surface area contributed by atoms with E-state index in [0.29, 0.717) is 12.5 Å². The van der Waals surface area contributed by atoms with E-state index in [-0.39, 0.29) is 18.1 Å². The van der Waals surface area contributed by atoms with Gasteiger partial charge in [-0.3, -0.25) is 0 Å². The van der Waals surface area contributed by atoms with Crippen LogP contribution in [0.5, 0.6) is 0 Å². The number of carbonyl (C=O) groups is 1. The van der Waals surface area contributed by atoms with Crippen LogP contribution in [0.4, 0.5) is 4.79 Å². The fraction of sp³-hybridized carbons (Fsp3) is 0.909. The first-order valence-electron chi connectivity index (χ1n) is 5.73. The minimum Gasteiger partial charge on any atom is -0.453 e. The number of rotatable bonds is 2. The van der Waals surface area contributed by atoms with E-state index < -0.39 is 0 Å². The summed E-state index contributed by atoms with van der Waals surface area (Å²) < 4.78 is 4.67. The third-order valence-electron chi connectivity index (χ3n) is 3.77. The molecule has 2 aliphatic rings. The maximum Gasteiger partial charge on any atom is 0.409 e. The Kier molecular flexibility index (Phi) is 3.14. The fourth-order valence-corrected chi connectivity index (χ4v) is 2.53. The van der Waals surface area contributed by atoms with Gasteiger partial charge in [0.05, 0.1) is 13.2 Å². The predicted octanol–water partition coefficient (Wildman–Crippen LogP) is 1.24. The van der Waals surface area contributed by atoms with Crippen LogP contribution in [0.15, 0.2) is 0 Å². The second kappa shape index (κ2) is 4.39. The molecule has 1 saturated heterocycles. The average molecular weight is 213 g/mol. The molecule has 4 nitrogen and oxygen atoms in total. The highest BCUT2D eigenvalue weighted by atomic mass is 16.5. The molecule has 0 spiro atoms. The van der Waals surface area contributed by atoms with Crippen molar-refractivity contribution in [2.75, 3.05) is 20.2 Å². The molecule has 2 rings (SSSR count). The summed E-state index contributed by atoms with van der Waals surface area (Å²) in [5, 5.41) is 10.1. The molecule has 1 aliphatic carbocycles. The summed E-state index contributed by atoms with van der Waals surface area (Å²) in [4.78, 5) is 12.9. The van der Waals surface area contributed by atoms with Crippen LogP contribution in [-0.2, 0) is 4.74 Å². The van der Waals surface area contributed by atoms with Gasteiger partial charge in [-0.05, 0) is 25.2 Å². The van der Waals surface area contributed by atoms with Crippen LogP contribution in [0, 0.1) is 11.8 Å². The quantitative estimate of drug-likeness (QED) is 0.750. The number of aliphatic hydroxyl groups excluding tert-OH is 1. The molecule has 0 aromatic rings. The van der Waals surface area contributed by atoms with Crippen LogP contribution in [0.3, 0.4) is 0 Å². The summed E-state index contributed by atoms with van der Waals surface area (Å²) in [7, 11) is 1.40. The van der Waals surface area contributed by atoms with E-state index in [4.69, 9.17) is 0 Å². The maximum atomic E-state index is 11.3. The number of carbonyl (C=O) groups excluding carboxylic acids is 1. The zero-order valence-electron chi connectivity index (χ0n) is 9.19. The number of hydrogen-bond donors (Lipinski definition) is 1. The van der Waals surface area contributed by atoms with Crippen molar-refractivity contribution in [1.29, 1.82) is 0 Å². The van der Waals surface area contributed by atoms with Crippen LogP contribution >= 0.6 is 0 Å². The van der Waals surface area contributed by atoms with E-state index in [1.807, 2.05) is 0 Å². The largest absolute Gasteiger partial charge is 0.453 e. The first-order chi connectivity index (χ1) is 7.22. The summed E-state index contributed by atoms with van der Waals surface area (Å²) in [5.41, 5.74) is 0. The third kappa shape index (κ3) is 2.09. The Morgan fingerprint density at radius 1 is 1.40 bits per heavy atom. The van der Waals surface area contributed by atoms with E-state index in [2.05, 4.69) is 4.74 Å². The average Bonchev–Trinajstić information content (AvgIpc) is 2.62. The SMILES string of the molecule is COC(=O)N1CCC(C(O)C2CCC2)C1. The normalized spacial score (nSPS) is 28.7. The second-order valence-electron chi connectivity index (χ2n) is 4.65. The number of likely N-dealkylation sites (tertiary alicyclic amines) is 1. The van der Waals surface area contributed by atoms with Crippen LogP contribution < -0.4 is 0 Å². The summed E-state index contributed by atoms with van der Waals surface area (Å²) >= 11 is 0. The Balaban J connectivity index is 1.83. The van der Waals surface area contributed by atoms with Gasteiger partial charge in [-0.15, -0.1) is 0 Å². The molecule has 0 bridgehead atoms. The molecule has 0 aromatic heterocycles. The lowest BCUT2D eigenvalue weighted by atomic mass is 9.76. The lowest BCUT2D eigenvalue weighted by Gasteiger charge is -2.33. The van der Waals surface area contributed by atoms with E-state index in [1.165, 1.54) is 13.5 Å². The summed E-state index contributed by atoms with van der Waals surface area (Å²) in [5.74, 6) is 0.738. The Hall–Kier alpha value is -0.770. The first-order valence-corrected chi connectivity index (χ1v) is 5.73. The summed E-state index contributed by atoms with van der Waals surface area (Å²) in [6.45, 7) is 1.38. The Morgan fingerprint density at radius 3 is 2.67 bits per heavy atom. The standard InChI is InChI=1S/C11H19NO3/c1-15-11(14)12-6-5-9(7-12)10(13)8-3-2-4-8/h8-10,13H,2-7H2,1H3. The number of ether oxygens (including phenoxy) is 1. The van der Waals surface area contributed by atoms with Crippen molar-refractivity contribution in [2.24, 2.45) is 11.8 Å². The lowest BCUT2D eigenvalue weighted by Crippen LogP contribution is -2.36. The molecular weight excluding hydrogens is 194 g/mol. The van der Waals surface area contributed by atoms with Crippen molar-refractivity contribution in [1.82, 2.24) is 4.90 Å². The molecule has 2 fully saturated rings. The fourth-order valence-electron chi connectivity index (χ4n) is 2.53. The molecule has 1 amide bonds. The summed E-state index contributed by atoms with van der Waals surface area (Å²) in [6.07, 6.45) is 3.97. The lowest BCUT2D eigenvalue weighted by molar-refractivity contribution is 0.0179. The van der Waals surface area contributed by atoms with Crippen LogP contribution in [0.25, 0.3) is 0 Å². The van der Waals surface area contributed by atoms with Gasteiger partial charge in [-0.25, -0.2) is 4.79 Å². The number of aliphatic hydroxyl groups is 1. The van der Waals surface area contributed by atoms with E-state index in [9.17, 15) is 9.90 Å². The predicted molar refractivity (Wildman–Crippen MR) is 55.4 cm³/mol. The maximum absolute atomic E-state index is 11.3. The van der Waals surface area contributed by atoms with Crippen LogP contribution in [0.2, 0.25) is 0 Å². The highest BCUT2D eigenvalue weighted by Crippen LogP contribution is 2.35. The number of methoxy groups -OCH3 is 1. The van der Waals surface area contributed by atoms with E-state index in [1.54, 1.807) is 4.90 Å². The molecule has 2 unspecified atom stereocenters. The molecule has 1 saturated carbocycles. The van der Waals surface area contributed by atoms with Gasteiger partial charge in [0, 0.05) is 19.0 Å². The number of hydrogen-bond acceptors (Lipinski definition) is 3. The smallest absolute Gasteiger partial charge is 0.409 e. The third-order valence-corrected chi connectivity index (χ3v) is 3.77. The molecule has 2 atom stereocenters. The Bertz CT molecular complexity index is 240. The van der Waals surface area contributed by atoms with Crippen molar-refractivity contribution in [3.8, 4) is 0 Å². The topological polar surface area (TPSA) is 49.8 Å². The van der Waals surface area contributed by atoms with E-state index in [0.717, 1.165) is 25.8 Å². The Labute approximate surface area is 90.2 Å². The highest BCUT2D eigenvalue weighted by Gasteiger charge is 2.37. The molecule has 0 radical (unpaired) electrons.